The van der Waals surface area contributed by atoms with E-state index < -0.39 is 29.6 Å². The summed E-state index contributed by atoms with van der Waals surface area (Å²) >= 11 is 0. The average Bonchev–Trinajstić information content (AvgIpc) is 2.54. The minimum absolute atomic E-state index is 0.000926. The number of carboxylic acid groups (broad SMARTS) is 2. The normalized spacial score (nSPS) is 31.3. The van der Waals surface area contributed by atoms with Crippen molar-refractivity contribution in [3.8, 4) is 0 Å². The summed E-state index contributed by atoms with van der Waals surface area (Å²) in [5.74, 6) is -1.33. The molecular formula is C11H17NO6. The lowest BCUT2D eigenvalue weighted by Crippen LogP contribution is -2.49. The topological polar surface area (TPSA) is 118 Å². The highest BCUT2D eigenvalue weighted by Crippen LogP contribution is 2.43. The van der Waals surface area contributed by atoms with Crippen molar-refractivity contribution >= 4 is 12.1 Å². The van der Waals surface area contributed by atoms with Crippen molar-refractivity contribution in [1.82, 2.24) is 4.90 Å². The maximum Gasteiger partial charge on any atom is 0.408 e. The van der Waals surface area contributed by atoms with Crippen LogP contribution in [0, 0.1) is 5.41 Å². The summed E-state index contributed by atoms with van der Waals surface area (Å²) in [6.07, 6.45) is -0.985. The molecule has 0 aliphatic carbocycles. The molecule has 1 aliphatic heterocycles. The molecule has 0 radical (unpaired) electrons. The fourth-order valence-corrected chi connectivity index (χ4v) is 2.66. The molecule has 0 bridgehead atoms. The van der Waals surface area contributed by atoms with E-state index in [1.54, 1.807) is 0 Å². The third-order valence-corrected chi connectivity index (χ3v) is 3.47. The Morgan fingerprint density at radius 1 is 1.44 bits per heavy atom. The Morgan fingerprint density at radius 3 is 2.44 bits per heavy atom. The van der Waals surface area contributed by atoms with Crippen molar-refractivity contribution in [3.63, 3.8) is 0 Å². The molecule has 0 aromatic rings. The fourth-order valence-electron chi connectivity index (χ4n) is 2.66. The number of carboxylic acids is 1. The molecule has 0 spiro atoms. The van der Waals surface area contributed by atoms with E-state index in [1.165, 1.54) is 6.08 Å². The van der Waals surface area contributed by atoms with E-state index in [4.69, 9.17) is 10.2 Å². The summed E-state index contributed by atoms with van der Waals surface area (Å²) in [7, 11) is 0. The van der Waals surface area contributed by atoms with Crippen LogP contribution >= 0.6 is 0 Å². The number of rotatable bonds is 5. The van der Waals surface area contributed by atoms with E-state index in [0.29, 0.717) is 4.90 Å². The third-order valence-electron chi connectivity index (χ3n) is 3.47. The molecule has 3 atom stereocenters. The van der Waals surface area contributed by atoms with Gasteiger partial charge in [-0.3, -0.25) is 4.90 Å². The number of nitrogens with zero attached hydrogens (tertiary/aromatic N) is 1. The molecule has 7 nitrogen and oxygen atoms in total. The smallest absolute Gasteiger partial charge is 0.408 e. The quantitative estimate of drug-likeness (QED) is 0.505. The Bertz CT molecular complexity index is 357. The zero-order valence-electron chi connectivity index (χ0n) is 9.82. The SMILES string of the molecule is C=CC[C@]1(CCO)[C@H](O)CN(C(=O)O)[C@@H]1C(=O)O. The second-order valence-corrected chi connectivity index (χ2v) is 4.39. The molecule has 18 heavy (non-hydrogen) atoms. The molecule has 0 saturated carbocycles. The standard InChI is InChI=1S/C11H17NO6/c1-2-3-11(4-5-13)7(14)6-12(10(17)18)8(11)9(15)16/h2,7-8,13-14H,1,3-6H2,(H,15,16)(H,17,18)/t7-,8-,11+/m1/s1. The number of allylic oxidation sites excluding steroid dienone is 1. The lowest BCUT2D eigenvalue weighted by molar-refractivity contribution is -0.146. The first-order valence-corrected chi connectivity index (χ1v) is 5.53. The number of amides is 1. The van der Waals surface area contributed by atoms with Crippen LogP contribution in [0.5, 0.6) is 0 Å². The van der Waals surface area contributed by atoms with Crippen LogP contribution in [0.4, 0.5) is 4.79 Å². The number of aliphatic hydroxyl groups is 2. The van der Waals surface area contributed by atoms with Crippen molar-refractivity contribution in [1.29, 1.82) is 0 Å². The largest absolute Gasteiger partial charge is 0.480 e. The zero-order chi connectivity index (χ0) is 13.9. The number of aliphatic carboxylic acids is 1. The number of hydrogen-bond donors (Lipinski definition) is 4. The summed E-state index contributed by atoms with van der Waals surface area (Å²) in [5.41, 5.74) is -1.22. The number of likely N-dealkylation sites (tertiary alicyclic amines) is 1. The highest BCUT2D eigenvalue weighted by Gasteiger charge is 2.57. The number of aliphatic hydroxyl groups excluding tert-OH is 2. The third kappa shape index (κ3) is 2.19. The summed E-state index contributed by atoms with van der Waals surface area (Å²) in [4.78, 5) is 23.0. The van der Waals surface area contributed by atoms with Crippen LogP contribution in [0.15, 0.2) is 12.7 Å². The first kappa shape index (κ1) is 14.5. The van der Waals surface area contributed by atoms with Crippen LogP contribution < -0.4 is 0 Å². The van der Waals surface area contributed by atoms with Crippen LogP contribution in [-0.2, 0) is 4.79 Å². The fraction of sp³-hybridized carbons (Fsp3) is 0.636. The monoisotopic (exact) mass is 259 g/mol. The predicted octanol–water partition coefficient (Wildman–Crippen LogP) is -0.261. The Kier molecular flexibility index (Phi) is 4.31. The molecule has 1 rings (SSSR count). The van der Waals surface area contributed by atoms with Gasteiger partial charge >= 0.3 is 12.1 Å². The van der Waals surface area contributed by atoms with Gasteiger partial charge in [0.1, 0.15) is 6.04 Å². The van der Waals surface area contributed by atoms with Gasteiger partial charge in [-0.15, -0.1) is 6.58 Å². The molecule has 1 aliphatic rings. The molecule has 0 aromatic carbocycles. The van der Waals surface area contributed by atoms with Crippen molar-refractivity contribution in [2.75, 3.05) is 13.2 Å². The van der Waals surface area contributed by atoms with Crippen LogP contribution in [0.2, 0.25) is 0 Å². The van der Waals surface area contributed by atoms with E-state index in [-0.39, 0.29) is 26.0 Å². The van der Waals surface area contributed by atoms with Gasteiger partial charge in [-0.25, -0.2) is 9.59 Å². The number of hydrogen-bond acceptors (Lipinski definition) is 4. The van der Waals surface area contributed by atoms with E-state index in [0.717, 1.165) is 0 Å². The second-order valence-electron chi connectivity index (χ2n) is 4.39. The zero-order valence-corrected chi connectivity index (χ0v) is 9.82. The van der Waals surface area contributed by atoms with Gasteiger partial charge in [0.25, 0.3) is 0 Å². The Balaban J connectivity index is 3.22. The number of carbonyl (C=O) groups is 2. The molecule has 102 valence electrons. The van der Waals surface area contributed by atoms with Gasteiger partial charge in [0.15, 0.2) is 0 Å². The van der Waals surface area contributed by atoms with Crippen LogP contribution in [0.3, 0.4) is 0 Å². The molecule has 7 heteroatoms. The van der Waals surface area contributed by atoms with Crippen LogP contribution in [0.25, 0.3) is 0 Å². The molecule has 4 N–H and O–H groups in total. The average molecular weight is 259 g/mol. The van der Waals surface area contributed by atoms with E-state index in [2.05, 4.69) is 6.58 Å². The van der Waals surface area contributed by atoms with Gasteiger partial charge in [0.2, 0.25) is 0 Å². The van der Waals surface area contributed by atoms with Crippen LogP contribution in [0.1, 0.15) is 12.8 Å². The maximum absolute atomic E-state index is 11.3. The van der Waals surface area contributed by atoms with Crippen molar-refractivity contribution in [2.45, 2.75) is 25.0 Å². The molecule has 0 aromatic heterocycles. The van der Waals surface area contributed by atoms with Gasteiger partial charge in [-0.1, -0.05) is 6.08 Å². The van der Waals surface area contributed by atoms with Gasteiger partial charge in [-0.2, -0.15) is 0 Å². The molecule has 0 unspecified atom stereocenters. The molecule has 1 fully saturated rings. The lowest BCUT2D eigenvalue weighted by atomic mass is 9.73. The number of β-amino-alcohol motifs (C(OH)–C–C–N with tert-alkyl or cyclic N) is 1. The minimum Gasteiger partial charge on any atom is -0.480 e. The van der Waals surface area contributed by atoms with Gasteiger partial charge < -0.3 is 20.4 Å². The lowest BCUT2D eigenvalue weighted by Gasteiger charge is -2.35. The van der Waals surface area contributed by atoms with E-state index in [9.17, 15) is 19.8 Å². The summed E-state index contributed by atoms with van der Waals surface area (Å²) < 4.78 is 0. The minimum atomic E-state index is -1.40. The summed E-state index contributed by atoms with van der Waals surface area (Å²) in [6.45, 7) is 2.89. The van der Waals surface area contributed by atoms with Crippen molar-refractivity contribution in [3.05, 3.63) is 12.7 Å². The first-order valence-electron chi connectivity index (χ1n) is 5.53. The Morgan fingerprint density at radius 2 is 2.06 bits per heavy atom. The van der Waals surface area contributed by atoms with Crippen molar-refractivity contribution in [2.24, 2.45) is 5.41 Å². The maximum atomic E-state index is 11.3. The van der Waals surface area contributed by atoms with E-state index >= 15 is 0 Å². The Labute approximate surface area is 104 Å². The van der Waals surface area contributed by atoms with Gasteiger partial charge in [0, 0.05) is 12.0 Å². The molecule has 1 amide bonds. The first-order chi connectivity index (χ1) is 8.40. The highest BCUT2D eigenvalue weighted by atomic mass is 16.4. The summed E-state index contributed by atoms with van der Waals surface area (Å²) in [5, 5.41) is 37.3. The van der Waals surface area contributed by atoms with E-state index in [1.807, 2.05) is 0 Å². The van der Waals surface area contributed by atoms with Gasteiger partial charge in [-0.05, 0) is 12.8 Å². The predicted molar refractivity (Wildman–Crippen MR) is 61.1 cm³/mol. The second kappa shape index (κ2) is 5.36. The molecule has 1 saturated heterocycles. The molecular weight excluding hydrogens is 242 g/mol. The van der Waals surface area contributed by atoms with Crippen LogP contribution in [-0.4, -0.2) is 62.7 Å². The molecule has 1 heterocycles. The van der Waals surface area contributed by atoms with Gasteiger partial charge in [0.05, 0.1) is 12.6 Å². The summed E-state index contributed by atoms with van der Waals surface area (Å²) in [6, 6.07) is -1.38. The van der Waals surface area contributed by atoms with Crippen molar-refractivity contribution < 1.29 is 30.0 Å². The Hall–Kier alpha value is -1.60. The highest BCUT2D eigenvalue weighted by molar-refractivity contribution is 5.81.